The molecule has 0 aliphatic rings. The first-order chi connectivity index (χ1) is 12.8. The van der Waals surface area contributed by atoms with Crippen LogP contribution in [0.2, 0.25) is 0 Å². The fraction of sp³-hybridized carbons (Fsp3) is 0.300. The molecule has 27 heavy (non-hydrogen) atoms. The Morgan fingerprint density at radius 1 is 1.19 bits per heavy atom. The quantitative estimate of drug-likeness (QED) is 0.651. The molecule has 1 heterocycles. The highest BCUT2D eigenvalue weighted by atomic mass is 32.2. The highest BCUT2D eigenvalue weighted by Gasteiger charge is 2.23. The number of nitrogens with zero attached hydrogens (tertiary/aromatic N) is 1. The number of hydrogen-bond donors (Lipinski definition) is 1. The first-order valence-electron chi connectivity index (χ1n) is 8.60. The Kier molecular flexibility index (Phi) is 5.86. The summed E-state index contributed by atoms with van der Waals surface area (Å²) in [6.07, 6.45) is 0. The summed E-state index contributed by atoms with van der Waals surface area (Å²) in [6, 6.07) is 13.1. The number of fused-ring (bicyclic) bond motifs is 1. The van der Waals surface area contributed by atoms with E-state index < -0.39 is 10.0 Å². The Labute approximate surface area is 164 Å². The Balaban J connectivity index is 1.86. The molecule has 0 unspecified atom stereocenters. The standard InChI is InChI=1S/C20H24N2O3S2/c1-14-11-15(25-4)9-10-20(14)27(23,24)21-12-18(22(2)3)17-13-26-19-8-6-5-7-16(17)19/h5-11,13,18,21H,12H2,1-4H3/t18-/m1/s1. The van der Waals surface area contributed by atoms with Gasteiger partial charge in [-0.15, -0.1) is 11.3 Å². The smallest absolute Gasteiger partial charge is 0.240 e. The second kappa shape index (κ2) is 7.98. The predicted molar refractivity (Wildman–Crippen MR) is 111 cm³/mol. The average Bonchev–Trinajstić information content (AvgIpc) is 3.05. The molecule has 0 bridgehead atoms. The fourth-order valence-electron chi connectivity index (χ4n) is 3.14. The van der Waals surface area contributed by atoms with Crippen molar-refractivity contribution in [1.82, 2.24) is 9.62 Å². The predicted octanol–water partition coefficient (Wildman–Crippen LogP) is 3.80. The van der Waals surface area contributed by atoms with Crippen molar-refractivity contribution in [1.29, 1.82) is 0 Å². The maximum Gasteiger partial charge on any atom is 0.240 e. The van der Waals surface area contributed by atoms with Crippen LogP contribution in [0.1, 0.15) is 17.2 Å². The summed E-state index contributed by atoms with van der Waals surface area (Å²) in [5.41, 5.74) is 1.79. The number of rotatable bonds is 7. The van der Waals surface area contributed by atoms with E-state index in [0.29, 0.717) is 17.9 Å². The van der Waals surface area contributed by atoms with Crippen LogP contribution in [0, 0.1) is 6.92 Å². The molecule has 1 atom stereocenters. The van der Waals surface area contributed by atoms with Crippen molar-refractivity contribution < 1.29 is 13.2 Å². The van der Waals surface area contributed by atoms with Crippen LogP contribution in [0.15, 0.2) is 52.7 Å². The molecule has 3 aromatic rings. The third-order valence-electron chi connectivity index (χ3n) is 4.63. The Morgan fingerprint density at radius 2 is 1.93 bits per heavy atom. The van der Waals surface area contributed by atoms with Gasteiger partial charge < -0.3 is 9.64 Å². The van der Waals surface area contributed by atoms with Gasteiger partial charge in [-0.2, -0.15) is 0 Å². The number of ether oxygens (including phenoxy) is 1. The van der Waals surface area contributed by atoms with E-state index in [1.807, 2.05) is 31.1 Å². The molecule has 0 spiro atoms. The number of aryl methyl sites for hydroxylation is 1. The van der Waals surface area contributed by atoms with Gasteiger partial charge in [-0.3, -0.25) is 0 Å². The summed E-state index contributed by atoms with van der Waals surface area (Å²) < 4.78 is 34.8. The van der Waals surface area contributed by atoms with Crippen LogP contribution in [-0.2, 0) is 10.0 Å². The van der Waals surface area contributed by atoms with E-state index in [1.165, 1.54) is 10.1 Å². The molecule has 0 radical (unpaired) electrons. The number of methoxy groups -OCH3 is 1. The molecular formula is C20H24N2O3S2. The molecule has 3 rings (SSSR count). The van der Waals surface area contributed by atoms with Crippen molar-refractivity contribution in [3.8, 4) is 5.75 Å². The van der Waals surface area contributed by atoms with Crippen LogP contribution in [0.25, 0.3) is 10.1 Å². The van der Waals surface area contributed by atoms with Gasteiger partial charge in [0.15, 0.2) is 0 Å². The number of likely N-dealkylation sites (N-methyl/N-ethyl adjacent to an activating group) is 1. The minimum atomic E-state index is -3.62. The maximum absolute atomic E-state index is 12.8. The molecule has 0 fully saturated rings. The van der Waals surface area contributed by atoms with E-state index in [9.17, 15) is 8.42 Å². The lowest BCUT2D eigenvalue weighted by Gasteiger charge is -2.25. The molecule has 144 valence electrons. The molecule has 0 saturated carbocycles. The normalized spacial score (nSPS) is 13.2. The van der Waals surface area contributed by atoms with Crippen LogP contribution in [0.3, 0.4) is 0 Å². The zero-order chi connectivity index (χ0) is 19.6. The third kappa shape index (κ3) is 4.16. The second-order valence-corrected chi connectivity index (χ2v) is 9.30. The zero-order valence-corrected chi connectivity index (χ0v) is 17.5. The zero-order valence-electron chi connectivity index (χ0n) is 15.9. The van der Waals surface area contributed by atoms with Crippen molar-refractivity contribution >= 4 is 31.4 Å². The molecule has 0 amide bonds. The van der Waals surface area contributed by atoms with Gasteiger partial charge in [-0.25, -0.2) is 13.1 Å². The van der Waals surface area contributed by atoms with Gasteiger partial charge in [-0.05, 0) is 67.2 Å². The van der Waals surface area contributed by atoms with Crippen LogP contribution >= 0.6 is 11.3 Å². The van der Waals surface area contributed by atoms with Gasteiger partial charge in [0.25, 0.3) is 0 Å². The first-order valence-corrected chi connectivity index (χ1v) is 11.0. The topological polar surface area (TPSA) is 58.6 Å². The van der Waals surface area contributed by atoms with Gasteiger partial charge in [-0.1, -0.05) is 18.2 Å². The van der Waals surface area contributed by atoms with Crippen molar-refractivity contribution in [2.75, 3.05) is 27.7 Å². The summed E-state index contributed by atoms with van der Waals surface area (Å²) in [5, 5.41) is 3.28. The van der Waals surface area contributed by atoms with Crippen molar-refractivity contribution in [3.05, 3.63) is 59.0 Å². The molecule has 0 aliphatic heterocycles. The van der Waals surface area contributed by atoms with Gasteiger partial charge in [0, 0.05) is 17.3 Å². The van der Waals surface area contributed by atoms with Crippen LogP contribution in [-0.4, -0.2) is 41.1 Å². The van der Waals surface area contributed by atoms with Crippen molar-refractivity contribution in [2.24, 2.45) is 0 Å². The largest absolute Gasteiger partial charge is 0.497 e. The lowest BCUT2D eigenvalue weighted by Crippen LogP contribution is -2.34. The molecular weight excluding hydrogens is 380 g/mol. The molecule has 1 aromatic heterocycles. The van der Waals surface area contributed by atoms with Crippen LogP contribution < -0.4 is 9.46 Å². The van der Waals surface area contributed by atoms with Gasteiger partial charge in [0.05, 0.1) is 12.0 Å². The van der Waals surface area contributed by atoms with E-state index in [1.54, 1.807) is 43.6 Å². The summed E-state index contributed by atoms with van der Waals surface area (Å²) in [5.74, 6) is 0.641. The number of benzene rings is 2. The first kappa shape index (κ1) is 19.8. The highest BCUT2D eigenvalue weighted by Crippen LogP contribution is 2.32. The molecule has 1 N–H and O–H groups in total. The SMILES string of the molecule is COc1ccc(S(=O)(=O)NC[C@H](c2csc3ccccc23)N(C)C)c(C)c1. The van der Waals surface area contributed by atoms with Crippen LogP contribution in [0.5, 0.6) is 5.75 Å². The minimum Gasteiger partial charge on any atom is -0.497 e. The number of thiophene rings is 1. The lowest BCUT2D eigenvalue weighted by atomic mass is 10.1. The minimum absolute atomic E-state index is 0.0607. The van der Waals surface area contributed by atoms with E-state index in [-0.39, 0.29) is 10.9 Å². The molecule has 2 aromatic carbocycles. The molecule has 7 heteroatoms. The molecule has 5 nitrogen and oxygen atoms in total. The van der Waals surface area contributed by atoms with E-state index in [4.69, 9.17) is 4.74 Å². The highest BCUT2D eigenvalue weighted by molar-refractivity contribution is 7.89. The maximum atomic E-state index is 12.8. The Morgan fingerprint density at radius 3 is 2.59 bits per heavy atom. The average molecular weight is 405 g/mol. The lowest BCUT2D eigenvalue weighted by molar-refractivity contribution is 0.301. The van der Waals surface area contributed by atoms with Gasteiger partial charge in [0.2, 0.25) is 10.0 Å². The third-order valence-corrected chi connectivity index (χ3v) is 7.20. The number of nitrogens with one attached hydrogen (secondary N) is 1. The van der Waals surface area contributed by atoms with E-state index in [2.05, 4.69) is 22.2 Å². The van der Waals surface area contributed by atoms with Gasteiger partial charge in [0.1, 0.15) is 5.75 Å². The van der Waals surface area contributed by atoms with E-state index >= 15 is 0 Å². The van der Waals surface area contributed by atoms with Crippen LogP contribution in [0.4, 0.5) is 0 Å². The Hall–Kier alpha value is -1.93. The van der Waals surface area contributed by atoms with Gasteiger partial charge >= 0.3 is 0 Å². The Bertz CT molecular complexity index is 1040. The van der Waals surface area contributed by atoms with Crippen molar-refractivity contribution in [2.45, 2.75) is 17.9 Å². The summed E-state index contributed by atoms with van der Waals surface area (Å²) in [6.45, 7) is 2.06. The summed E-state index contributed by atoms with van der Waals surface area (Å²) in [4.78, 5) is 2.31. The number of sulfonamides is 1. The number of hydrogen-bond acceptors (Lipinski definition) is 5. The fourth-order valence-corrected chi connectivity index (χ4v) is 5.41. The summed E-state index contributed by atoms with van der Waals surface area (Å²) in [7, 11) is 1.87. The van der Waals surface area contributed by atoms with Crippen molar-refractivity contribution in [3.63, 3.8) is 0 Å². The van der Waals surface area contributed by atoms with E-state index in [0.717, 1.165) is 5.56 Å². The monoisotopic (exact) mass is 404 g/mol. The second-order valence-electron chi connectivity index (χ2n) is 6.65. The molecule has 0 saturated heterocycles. The summed E-state index contributed by atoms with van der Waals surface area (Å²) >= 11 is 1.68. The molecule has 0 aliphatic carbocycles.